The van der Waals surface area contributed by atoms with Crippen molar-refractivity contribution in [1.29, 1.82) is 0 Å². The standard InChI is InChI=1S/C17H19F4N5/c1-11(23-15-13(18)16(20)24-17(21)14(15)19)10-25-6-8-26(9-7-25)12-4-2-3-5-22-12/h2-5,11H,6-10H2,1H3,(H,23,24). The van der Waals surface area contributed by atoms with Crippen molar-refractivity contribution in [3.63, 3.8) is 0 Å². The second-order valence-electron chi connectivity index (χ2n) is 6.22. The van der Waals surface area contributed by atoms with Gasteiger partial charge in [-0.05, 0) is 19.1 Å². The van der Waals surface area contributed by atoms with Crippen molar-refractivity contribution in [2.75, 3.05) is 42.9 Å². The van der Waals surface area contributed by atoms with Crippen molar-refractivity contribution in [2.24, 2.45) is 0 Å². The van der Waals surface area contributed by atoms with E-state index in [1.807, 2.05) is 18.2 Å². The molecule has 2 aromatic rings. The van der Waals surface area contributed by atoms with Gasteiger partial charge in [0.15, 0.2) is 0 Å². The zero-order valence-electron chi connectivity index (χ0n) is 14.2. The number of nitrogens with one attached hydrogen (secondary N) is 1. The number of halogens is 4. The smallest absolute Gasteiger partial charge is 0.253 e. The second kappa shape index (κ2) is 7.86. The number of pyridine rings is 2. The largest absolute Gasteiger partial charge is 0.376 e. The summed E-state index contributed by atoms with van der Waals surface area (Å²) in [6, 6.07) is 5.31. The van der Waals surface area contributed by atoms with Crippen LogP contribution in [0.1, 0.15) is 6.92 Å². The Morgan fingerprint density at radius 2 is 1.69 bits per heavy atom. The molecule has 1 fully saturated rings. The molecule has 1 unspecified atom stereocenters. The lowest BCUT2D eigenvalue weighted by Crippen LogP contribution is -2.49. The summed E-state index contributed by atoms with van der Waals surface area (Å²) in [6.07, 6.45) is 1.74. The molecule has 1 N–H and O–H groups in total. The van der Waals surface area contributed by atoms with Crippen LogP contribution in [0.2, 0.25) is 0 Å². The molecule has 1 atom stereocenters. The average molecular weight is 369 g/mol. The van der Waals surface area contributed by atoms with Crippen LogP contribution in [-0.2, 0) is 0 Å². The normalized spacial score (nSPS) is 16.6. The highest BCUT2D eigenvalue weighted by Gasteiger charge is 2.24. The first-order valence-corrected chi connectivity index (χ1v) is 8.30. The van der Waals surface area contributed by atoms with E-state index in [0.717, 1.165) is 32.0 Å². The van der Waals surface area contributed by atoms with Gasteiger partial charge < -0.3 is 10.2 Å². The number of piperazine rings is 1. The van der Waals surface area contributed by atoms with Crippen LogP contribution in [0.5, 0.6) is 0 Å². The Hall–Kier alpha value is -2.42. The van der Waals surface area contributed by atoms with Crippen LogP contribution in [0.25, 0.3) is 0 Å². The number of hydrogen-bond acceptors (Lipinski definition) is 5. The third kappa shape index (κ3) is 4.04. The molecule has 9 heteroatoms. The maximum Gasteiger partial charge on any atom is 0.253 e. The van der Waals surface area contributed by atoms with Crippen molar-refractivity contribution < 1.29 is 17.6 Å². The van der Waals surface area contributed by atoms with E-state index in [1.165, 1.54) is 0 Å². The fourth-order valence-corrected chi connectivity index (χ4v) is 2.99. The lowest BCUT2D eigenvalue weighted by atomic mass is 10.2. The summed E-state index contributed by atoms with van der Waals surface area (Å²) in [5.74, 6) is -5.46. The summed E-state index contributed by atoms with van der Waals surface area (Å²) in [5, 5.41) is 2.51. The molecule has 0 amide bonds. The van der Waals surface area contributed by atoms with Gasteiger partial charge in [-0.25, -0.2) is 4.98 Å². The SMILES string of the molecule is CC(CN1CCN(c2ccccn2)CC1)Nc1c(F)c(F)nc(F)c1F. The lowest BCUT2D eigenvalue weighted by molar-refractivity contribution is 0.250. The van der Waals surface area contributed by atoms with E-state index in [2.05, 4.69) is 25.1 Å². The van der Waals surface area contributed by atoms with E-state index in [9.17, 15) is 17.6 Å². The Balaban J connectivity index is 1.56. The van der Waals surface area contributed by atoms with Crippen LogP contribution < -0.4 is 10.2 Å². The monoisotopic (exact) mass is 369 g/mol. The first kappa shape index (κ1) is 18.4. The van der Waals surface area contributed by atoms with Crippen molar-refractivity contribution in [2.45, 2.75) is 13.0 Å². The van der Waals surface area contributed by atoms with Crippen LogP contribution in [0, 0.1) is 23.5 Å². The molecule has 0 saturated carbocycles. The molecule has 0 aliphatic carbocycles. The van der Waals surface area contributed by atoms with Gasteiger partial charge in [-0.15, -0.1) is 0 Å². The minimum atomic E-state index is -1.66. The summed E-state index contributed by atoms with van der Waals surface area (Å²) in [5.41, 5.74) is -0.824. The van der Waals surface area contributed by atoms with E-state index >= 15 is 0 Å². The molecule has 2 aromatic heterocycles. The van der Waals surface area contributed by atoms with Crippen molar-refractivity contribution in [3.8, 4) is 0 Å². The second-order valence-corrected chi connectivity index (χ2v) is 6.22. The zero-order chi connectivity index (χ0) is 18.7. The van der Waals surface area contributed by atoms with Crippen molar-refractivity contribution >= 4 is 11.5 Å². The molecular weight excluding hydrogens is 350 g/mol. The lowest BCUT2D eigenvalue weighted by Gasteiger charge is -2.36. The molecule has 140 valence electrons. The zero-order valence-corrected chi connectivity index (χ0v) is 14.2. The average Bonchev–Trinajstić information content (AvgIpc) is 2.65. The minimum absolute atomic E-state index is 0.415. The molecule has 1 aliphatic rings. The molecule has 1 saturated heterocycles. The summed E-state index contributed by atoms with van der Waals surface area (Å²) >= 11 is 0. The van der Waals surface area contributed by atoms with Crippen molar-refractivity contribution in [3.05, 3.63) is 47.9 Å². The maximum atomic E-state index is 13.7. The summed E-state index contributed by atoms with van der Waals surface area (Å²) < 4.78 is 53.7. The van der Waals surface area contributed by atoms with Gasteiger partial charge in [-0.1, -0.05) is 6.07 Å². The Bertz CT molecular complexity index is 724. The van der Waals surface area contributed by atoms with Gasteiger partial charge in [-0.3, -0.25) is 4.90 Å². The van der Waals surface area contributed by atoms with Gasteiger partial charge in [0.25, 0.3) is 11.9 Å². The highest BCUT2D eigenvalue weighted by Crippen LogP contribution is 2.23. The Kier molecular flexibility index (Phi) is 5.55. The Labute approximate surface area is 148 Å². The first-order chi connectivity index (χ1) is 12.5. The quantitative estimate of drug-likeness (QED) is 0.649. The van der Waals surface area contributed by atoms with Gasteiger partial charge in [-0.2, -0.15) is 22.5 Å². The highest BCUT2D eigenvalue weighted by molar-refractivity contribution is 5.46. The fourth-order valence-electron chi connectivity index (χ4n) is 2.99. The van der Waals surface area contributed by atoms with Gasteiger partial charge in [0.1, 0.15) is 11.5 Å². The molecule has 3 heterocycles. The van der Waals surface area contributed by atoms with E-state index in [1.54, 1.807) is 13.1 Å². The van der Waals surface area contributed by atoms with Gasteiger partial charge in [0.05, 0.1) is 0 Å². The van der Waals surface area contributed by atoms with Crippen LogP contribution in [-0.4, -0.2) is 53.6 Å². The molecular formula is C17H19F4N5. The molecule has 0 aromatic carbocycles. The van der Waals surface area contributed by atoms with Gasteiger partial charge in [0.2, 0.25) is 11.6 Å². The summed E-state index contributed by atoms with van der Waals surface area (Å²) in [6.45, 7) is 5.19. The molecule has 5 nitrogen and oxygen atoms in total. The third-order valence-electron chi connectivity index (χ3n) is 4.27. The molecule has 0 bridgehead atoms. The van der Waals surface area contributed by atoms with Crippen LogP contribution in [0.3, 0.4) is 0 Å². The molecule has 0 spiro atoms. The van der Waals surface area contributed by atoms with E-state index in [0.29, 0.717) is 6.54 Å². The van der Waals surface area contributed by atoms with E-state index in [4.69, 9.17) is 0 Å². The van der Waals surface area contributed by atoms with Gasteiger partial charge >= 0.3 is 0 Å². The third-order valence-corrected chi connectivity index (χ3v) is 4.27. The molecule has 3 rings (SSSR count). The number of aromatic nitrogens is 2. The first-order valence-electron chi connectivity index (χ1n) is 8.30. The van der Waals surface area contributed by atoms with Gasteiger partial charge in [0, 0.05) is 45.0 Å². The Morgan fingerprint density at radius 3 is 2.27 bits per heavy atom. The molecule has 0 radical (unpaired) electrons. The molecule has 26 heavy (non-hydrogen) atoms. The number of anilines is 2. The summed E-state index contributed by atoms with van der Waals surface area (Å²) in [7, 11) is 0. The number of rotatable bonds is 5. The van der Waals surface area contributed by atoms with Crippen LogP contribution >= 0.6 is 0 Å². The van der Waals surface area contributed by atoms with E-state index < -0.39 is 35.3 Å². The summed E-state index contributed by atoms with van der Waals surface area (Å²) in [4.78, 5) is 11.1. The van der Waals surface area contributed by atoms with Crippen molar-refractivity contribution in [1.82, 2.24) is 14.9 Å². The number of nitrogens with zero attached hydrogens (tertiary/aromatic N) is 4. The van der Waals surface area contributed by atoms with Crippen LogP contribution in [0.4, 0.5) is 29.1 Å². The number of hydrogen-bond donors (Lipinski definition) is 1. The Morgan fingerprint density at radius 1 is 1.04 bits per heavy atom. The minimum Gasteiger partial charge on any atom is -0.376 e. The highest BCUT2D eigenvalue weighted by atomic mass is 19.2. The predicted octanol–water partition coefficient (Wildman–Crippen LogP) is 2.66. The van der Waals surface area contributed by atoms with Crippen LogP contribution in [0.15, 0.2) is 24.4 Å². The van der Waals surface area contributed by atoms with E-state index in [-0.39, 0.29) is 0 Å². The topological polar surface area (TPSA) is 44.3 Å². The fraction of sp³-hybridized carbons (Fsp3) is 0.412. The predicted molar refractivity (Wildman–Crippen MR) is 90.0 cm³/mol. The molecule has 1 aliphatic heterocycles. The maximum absolute atomic E-state index is 13.7.